The summed E-state index contributed by atoms with van der Waals surface area (Å²) in [6.45, 7) is 2.22. The number of benzene rings is 2. The number of anilines is 1. The molecule has 4 rings (SSSR count). The summed E-state index contributed by atoms with van der Waals surface area (Å²) in [7, 11) is 0. The van der Waals surface area contributed by atoms with E-state index < -0.39 is 0 Å². The molecule has 0 atom stereocenters. The monoisotopic (exact) mass is 474 g/mol. The lowest BCUT2D eigenvalue weighted by molar-refractivity contribution is -0.121. The van der Waals surface area contributed by atoms with E-state index in [0.717, 1.165) is 41.7 Å². The molecule has 6 nitrogen and oxygen atoms in total. The number of nitrogens with zero attached hydrogens (tertiary/aromatic N) is 3. The molecule has 1 aliphatic heterocycles. The van der Waals surface area contributed by atoms with Crippen molar-refractivity contribution in [3.8, 4) is 11.4 Å². The highest BCUT2D eigenvalue weighted by Gasteiger charge is 2.26. The number of carbonyl (C=O) groups excluding carboxylic acids is 1. The molecule has 0 bridgehead atoms. The van der Waals surface area contributed by atoms with E-state index >= 15 is 0 Å². The molecule has 2 aromatic carbocycles. The van der Waals surface area contributed by atoms with Gasteiger partial charge in [0, 0.05) is 26.7 Å². The van der Waals surface area contributed by atoms with Crippen molar-refractivity contribution in [2.45, 2.75) is 19.4 Å². The van der Waals surface area contributed by atoms with E-state index in [1.165, 1.54) is 0 Å². The standard InChI is InChI=1S/C21H20BrClN4O2/c22-16-3-1-14(2-4-16)20-25-19(29-26-20)13-27-11-9-15(10-12-27)21(28)24-18-7-5-17(23)6-8-18/h1-8,15H,9-13H2,(H,24,28). The van der Waals surface area contributed by atoms with Crippen LogP contribution in [0.2, 0.25) is 5.02 Å². The molecule has 0 saturated carbocycles. The van der Waals surface area contributed by atoms with Gasteiger partial charge in [0.2, 0.25) is 17.6 Å². The van der Waals surface area contributed by atoms with Crippen molar-refractivity contribution in [1.82, 2.24) is 15.0 Å². The van der Waals surface area contributed by atoms with Gasteiger partial charge in [-0.3, -0.25) is 9.69 Å². The molecule has 1 aromatic heterocycles. The minimum Gasteiger partial charge on any atom is -0.338 e. The van der Waals surface area contributed by atoms with Gasteiger partial charge in [0.15, 0.2) is 0 Å². The molecule has 1 aliphatic rings. The molecule has 1 fully saturated rings. The van der Waals surface area contributed by atoms with E-state index in [4.69, 9.17) is 16.1 Å². The highest BCUT2D eigenvalue weighted by atomic mass is 79.9. The Bertz CT molecular complexity index is 967. The third-order valence-electron chi connectivity index (χ3n) is 5.00. The molecule has 0 radical (unpaired) electrons. The summed E-state index contributed by atoms with van der Waals surface area (Å²) >= 11 is 9.31. The number of amides is 1. The number of aromatic nitrogens is 2. The first kappa shape index (κ1) is 20.1. The van der Waals surface area contributed by atoms with Crippen molar-refractivity contribution in [3.05, 3.63) is 63.9 Å². The lowest BCUT2D eigenvalue weighted by Crippen LogP contribution is -2.37. The number of rotatable bonds is 5. The number of piperidine rings is 1. The zero-order chi connectivity index (χ0) is 20.2. The first-order chi connectivity index (χ1) is 14.1. The van der Waals surface area contributed by atoms with Crippen molar-refractivity contribution in [2.24, 2.45) is 5.92 Å². The molecule has 8 heteroatoms. The Labute approximate surface area is 182 Å². The molecule has 1 amide bonds. The Morgan fingerprint density at radius 1 is 1.14 bits per heavy atom. The van der Waals surface area contributed by atoms with Crippen molar-refractivity contribution in [3.63, 3.8) is 0 Å². The molecule has 150 valence electrons. The maximum Gasteiger partial charge on any atom is 0.241 e. The second-order valence-electron chi connectivity index (χ2n) is 7.07. The van der Waals surface area contributed by atoms with Crippen LogP contribution in [-0.4, -0.2) is 34.0 Å². The van der Waals surface area contributed by atoms with Crippen LogP contribution < -0.4 is 5.32 Å². The summed E-state index contributed by atoms with van der Waals surface area (Å²) in [6.07, 6.45) is 1.60. The van der Waals surface area contributed by atoms with Gasteiger partial charge in [-0.15, -0.1) is 0 Å². The number of hydrogen-bond donors (Lipinski definition) is 1. The molecule has 29 heavy (non-hydrogen) atoms. The summed E-state index contributed by atoms with van der Waals surface area (Å²) in [5.74, 6) is 1.24. The Morgan fingerprint density at radius 2 is 1.83 bits per heavy atom. The fourth-order valence-corrected chi connectivity index (χ4v) is 3.75. The van der Waals surface area contributed by atoms with Crippen LogP contribution in [0.1, 0.15) is 18.7 Å². The van der Waals surface area contributed by atoms with E-state index in [2.05, 4.69) is 36.3 Å². The summed E-state index contributed by atoms with van der Waals surface area (Å²) in [5, 5.41) is 7.70. The van der Waals surface area contributed by atoms with Crippen LogP contribution >= 0.6 is 27.5 Å². The average Bonchev–Trinajstić information content (AvgIpc) is 3.19. The van der Waals surface area contributed by atoms with Gasteiger partial charge in [-0.1, -0.05) is 32.7 Å². The lowest BCUT2D eigenvalue weighted by Gasteiger charge is -2.30. The minimum absolute atomic E-state index is 0.00272. The first-order valence-corrected chi connectivity index (χ1v) is 10.6. The van der Waals surface area contributed by atoms with Crippen LogP contribution in [0.3, 0.4) is 0 Å². The average molecular weight is 476 g/mol. The van der Waals surface area contributed by atoms with Crippen LogP contribution in [-0.2, 0) is 11.3 Å². The second-order valence-corrected chi connectivity index (χ2v) is 8.42. The maximum absolute atomic E-state index is 12.5. The number of hydrogen-bond acceptors (Lipinski definition) is 5. The third-order valence-corrected chi connectivity index (χ3v) is 5.78. The van der Waals surface area contributed by atoms with Crippen molar-refractivity contribution >= 4 is 39.1 Å². The van der Waals surface area contributed by atoms with Crippen LogP contribution in [0.25, 0.3) is 11.4 Å². The van der Waals surface area contributed by atoms with Crippen LogP contribution in [0.15, 0.2) is 57.5 Å². The van der Waals surface area contributed by atoms with Gasteiger partial charge in [0.05, 0.1) is 6.54 Å². The van der Waals surface area contributed by atoms with Crippen LogP contribution in [0.5, 0.6) is 0 Å². The van der Waals surface area contributed by atoms with Crippen LogP contribution in [0.4, 0.5) is 5.69 Å². The van der Waals surface area contributed by atoms with Gasteiger partial charge in [0.25, 0.3) is 0 Å². The van der Waals surface area contributed by atoms with Gasteiger partial charge in [-0.25, -0.2) is 0 Å². The first-order valence-electron chi connectivity index (χ1n) is 9.44. The quantitative estimate of drug-likeness (QED) is 0.562. The number of carbonyl (C=O) groups is 1. The lowest BCUT2D eigenvalue weighted by atomic mass is 9.96. The van der Waals surface area contributed by atoms with Gasteiger partial charge in [-0.2, -0.15) is 4.98 Å². The fraction of sp³-hybridized carbons (Fsp3) is 0.286. The Kier molecular flexibility index (Phi) is 6.28. The normalized spacial score (nSPS) is 15.4. The fourth-order valence-electron chi connectivity index (χ4n) is 3.36. The van der Waals surface area contributed by atoms with E-state index in [0.29, 0.717) is 23.3 Å². The molecule has 0 aliphatic carbocycles. The summed E-state index contributed by atoms with van der Waals surface area (Å²) in [6, 6.07) is 15.0. The van der Waals surface area contributed by atoms with Crippen molar-refractivity contribution < 1.29 is 9.32 Å². The van der Waals surface area contributed by atoms with E-state index in [-0.39, 0.29) is 11.8 Å². The Morgan fingerprint density at radius 3 is 2.52 bits per heavy atom. The predicted molar refractivity (Wildman–Crippen MR) is 116 cm³/mol. The minimum atomic E-state index is 0.00272. The van der Waals surface area contributed by atoms with Crippen molar-refractivity contribution in [1.29, 1.82) is 0 Å². The third kappa shape index (κ3) is 5.23. The van der Waals surface area contributed by atoms with Crippen molar-refractivity contribution in [2.75, 3.05) is 18.4 Å². The van der Waals surface area contributed by atoms with E-state index in [9.17, 15) is 4.79 Å². The van der Waals surface area contributed by atoms with E-state index in [1.54, 1.807) is 12.1 Å². The highest BCUT2D eigenvalue weighted by molar-refractivity contribution is 9.10. The SMILES string of the molecule is O=C(Nc1ccc(Cl)cc1)C1CCN(Cc2nc(-c3ccc(Br)cc3)no2)CC1. The molecule has 3 aromatic rings. The van der Waals surface area contributed by atoms with Gasteiger partial charge in [0.1, 0.15) is 0 Å². The van der Waals surface area contributed by atoms with Gasteiger partial charge < -0.3 is 9.84 Å². The number of halogens is 2. The molecule has 0 spiro atoms. The molecular weight excluding hydrogens is 456 g/mol. The topological polar surface area (TPSA) is 71.3 Å². The summed E-state index contributed by atoms with van der Waals surface area (Å²) < 4.78 is 6.42. The summed E-state index contributed by atoms with van der Waals surface area (Å²) in [5.41, 5.74) is 1.69. The number of likely N-dealkylation sites (tertiary alicyclic amines) is 1. The smallest absolute Gasteiger partial charge is 0.241 e. The predicted octanol–water partition coefficient (Wildman–Crippen LogP) is 5.00. The van der Waals surface area contributed by atoms with Crippen LogP contribution in [0, 0.1) is 5.92 Å². The van der Waals surface area contributed by atoms with Gasteiger partial charge >= 0.3 is 0 Å². The molecule has 2 heterocycles. The maximum atomic E-state index is 12.5. The van der Waals surface area contributed by atoms with Gasteiger partial charge in [-0.05, 0) is 74.5 Å². The molecule has 1 saturated heterocycles. The Hall–Kier alpha value is -2.22. The molecular formula is C21H20BrClN4O2. The zero-order valence-electron chi connectivity index (χ0n) is 15.6. The Balaban J connectivity index is 1.28. The molecule has 1 N–H and O–H groups in total. The number of nitrogens with one attached hydrogen (secondary N) is 1. The molecule has 0 unspecified atom stereocenters. The zero-order valence-corrected chi connectivity index (χ0v) is 18.0. The largest absolute Gasteiger partial charge is 0.338 e. The van der Waals surface area contributed by atoms with E-state index in [1.807, 2.05) is 36.4 Å². The second kappa shape index (κ2) is 9.07. The highest BCUT2D eigenvalue weighted by Crippen LogP contribution is 2.23. The summed E-state index contributed by atoms with van der Waals surface area (Å²) in [4.78, 5) is 19.2.